The minimum atomic E-state index is -0.500. The van der Waals surface area contributed by atoms with Gasteiger partial charge in [-0.15, -0.1) is 0 Å². The van der Waals surface area contributed by atoms with Gasteiger partial charge in [-0.05, 0) is 26.7 Å². The molecule has 1 rings (SSSR count). The molecule has 0 aromatic heterocycles. The third kappa shape index (κ3) is 2.25. The molecule has 82 valence electrons. The maximum Gasteiger partial charge on any atom is 0.227 e. The lowest BCUT2D eigenvalue weighted by molar-refractivity contribution is -0.130. The predicted molar refractivity (Wildman–Crippen MR) is 54.6 cm³/mol. The molecule has 0 radical (unpaired) electrons. The van der Waals surface area contributed by atoms with E-state index < -0.39 is 11.5 Å². The van der Waals surface area contributed by atoms with Gasteiger partial charge in [0.1, 0.15) is 0 Å². The molecule has 1 amide bonds. The van der Waals surface area contributed by atoms with Crippen molar-refractivity contribution >= 4 is 5.91 Å². The Morgan fingerprint density at radius 3 is 2.86 bits per heavy atom. The average molecular weight is 200 g/mol. The first-order chi connectivity index (χ1) is 6.47. The molecule has 0 saturated heterocycles. The van der Waals surface area contributed by atoms with E-state index in [2.05, 4.69) is 5.32 Å². The van der Waals surface area contributed by atoms with Crippen LogP contribution < -0.4 is 11.1 Å². The first-order valence-corrected chi connectivity index (χ1v) is 5.19. The van der Waals surface area contributed by atoms with Gasteiger partial charge in [-0.2, -0.15) is 0 Å². The van der Waals surface area contributed by atoms with Crippen molar-refractivity contribution < 1.29 is 9.90 Å². The van der Waals surface area contributed by atoms with Gasteiger partial charge in [0.2, 0.25) is 5.91 Å². The zero-order valence-corrected chi connectivity index (χ0v) is 8.92. The number of hydrogen-bond donors (Lipinski definition) is 3. The zero-order valence-electron chi connectivity index (χ0n) is 8.92. The number of aliphatic hydroxyl groups is 1. The summed E-state index contributed by atoms with van der Waals surface area (Å²) in [5.74, 6) is -0.0246. The minimum Gasteiger partial charge on any atom is -0.392 e. The first-order valence-electron chi connectivity index (χ1n) is 5.19. The van der Waals surface area contributed by atoms with Gasteiger partial charge in [-0.1, -0.05) is 6.42 Å². The largest absolute Gasteiger partial charge is 0.392 e. The van der Waals surface area contributed by atoms with Gasteiger partial charge < -0.3 is 16.2 Å². The van der Waals surface area contributed by atoms with Gasteiger partial charge in [-0.3, -0.25) is 4.79 Å². The fraction of sp³-hybridized carbons (Fsp3) is 0.900. The second kappa shape index (κ2) is 4.28. The van der Waals surface area contributed by atoms with Crippen LogP contribution in [0.3, 0.4) is 0 Å². The highest BCUT2D eigenvalue weighted by molar-refractivity contribution is 5.83. The summed E-state index contributed by atoms with van der Waals surface area (Å²) in [4.78, 5) is 11.8. The van der Waals surface area contributed by atoms with Gasteiger partial charge >= 0.3 is 0 Å². The summed E-state index contributed by atoms with van der Waals surface area (Å²) in [7, 11) is 0. The number of hydrogen-bond acceptors (Lipinski definition) is 3. The van der Waals surface area contributed by atoms with E-state index in [0.29, 0.717) is 6.54 Å². The molecule has 1 aliphatic rings. The fourth-order valence-electron chi connectivity index (χ4n) is 1.92. The van der Waals surface area contributed by atoms with Crippen LogP contribution in [0.15, 0.2) is 0 Å². The summed E-state index contributed by atoms with van der Waals surface area (Å²) in [5, 5.41) is 11.8. The molecule has 3 atom stereocenters. The topological polar surface area (TPSA) is 75.3 Å². The SMILES string of the molecule is C[C@@H](O)CNC(=O)C1(C)CCCC1N. The highest BCUT2D eigenvalue weighted by Gasteiger charge is 2.42. The van der Waals surface area contributed by atoms with Crippen LogP contribution in [0.4, 0.5) is 0 Å². The van der Waals surface area contributed by atoms with Crippen LogP contribution >= 0.6 is 0 Å². The molecule has 1 aliphatic carbocycles. The van der Waals surface area contributed by atoms with Gasteiger partial charge in [0.15, 0.2) is 0 Å². The van der Waals surface area contributed by atoms with E-state index in [0.717, 1.165) is 19.3 Å². The Morgan fingerprint density at radius 1 is 1.79 bits per heavy atom. The minimum absolute atomic E-state index is 0.0246. The van der Waals surface area contributed by atoms with Gasteiger partial charge in [0.25, 0.3) is 0 Å². The first kappa shape index (κ1) is 11.5. The van der Waals surface area contributed by atoms with Crippen LogP contribution in [0.1, 0.15) is 33.1 Å². The van der Waals surface area contributed by atoms with Crippen molar-refractivity contribution in [2.45, 2.75) is 45.3 Å². The maximum atomic E-state index is 11.8. The Hall–Kier alpha value is -0.610. The molecule has 0 aromatic rings. The molecule has 2 unspecified atom stereocenters. The lowest BCUT2D eigenvalue weighted by atomic mass is 9.84. The molecule has 0 spiro atoms. The molecule has 1 saturated carbocycles. The second-order valence-electron chi connectivity index (χ2n) is 4.48. The molecule has 1 fully saturated rings. The third-order valence-electron chi connectivity index (χ3n) is 3.11. The second-order valence-corrected chi connectivity index (χ2v) is 4.48. The van der Waals surface area contributed by atoms with Crippen molar-refractivity contribution in [2.75, 3.05) is 6.54 Å². The molecule has 4 heteroatoms. The molecule has 0 aliphatic heterocycles. The van der Waals surface area contributed by atoms with E-state index in [1.54, 1.807) is 6.92 Å². The number of amides is 1. The van der Waals surface area contributed by atoms with Gasteiger partial charge in [-0.25, -0.2) is 0 Å². The van der Waals surface area contributed by atoms with Gasteiger partial charge in [0, 0.05) is 12.6 Å². The highest BCUT2D eigenvalue weighted by Crippen LogP contribution is 2.36. The summed E-state index contributed by atoms with van der Waals surface area (Å²) in [6.45, 7) is 3.86. The number of aliphatic hydroxyl groups excluding tert-OH is 1. The standard InChI is InChI=1S/C10H20N2O2/c1-7(13)6-12-9(14)10(2)5-3-4-8(10)11/h7-8,13H,3-6,11H2,1-2H3,(H,12,14)/t7-,8?,10?/m1/s1. The number of carbonyl (C=O) groups is 1. The van der Waals surface area contributed by atoms with Crippen LogP contribution in [0.5, 0.6) is 0 Å². The quantitative estimate of drug-likeness (QED) is 0.600. The van der Waals surface area contributed by atoms with Crippen molar-refractivity contribution in [2.24, 2.45) is 11.1 Å². The van der Waals surface area contributed by atoms with Crippen molar-refractivity contribution in [3.63, 3.8) is 0 Å². The highest BCUT2D eigenvalue weighted by atomic mass is 16.3. The molecular weight excluding hydrogens is 180 g/mol. The van der Waals surface area contributed by atoms with E-state index in [-0.39, 0.29) is 11.9 Å². The Bertz CT molecular complexity index is 218. The zero-order chi connectivity index (χ0) is 10.8. The molecule has 0 bridgehead atoms. The lowest BCUT2D eigenvalue weighted by Gasteiger charge is -2.27. The van der Waals surface area contributed by atoms with Crippen molar-refractivity contribution in [1.29, 1.82) is 0 Å². The fourth-order valence-corrected chi connectivity index (χ4v) is 1.92. The lowest BCUT2D eigenvalue weighted by Crippen LogP contribution is -2.48. The van der Waals surface area contributed by atoms with E-state index in [9.17, 15) is 4.79 Å². The molecule has 0 heterocycles. The summed E-state index contributed by atoms with van der Waals surface area (Å²) in [6.07, 6.45) is 2.28. The summed E-state index contributed by atoms with van der Waals surface area (Å²) >= 11 is 0. The van der Waals surface area contributed by atoms with Crippen LogP contribution in [0, 0.1) is 5.41 Å². The van der Waals surface area contributed by atoms with Crippen LogP contribution in [-0.2, 0) is 4.79 Å². The van der Waals surface area contributed by atoms with Crippen molar-refractivity contribution in [3.8, 4) is 0 Å². The number of nitrogens with two attached hydrogens (primary N) is 1. The molecular formula is C10H20N2O2. The Balaban J connectivity index is 2.50. The van der Waals surface area contributed by atoms with Crippen LogP contribution in [0.2, 0.25) is 0 Å². The number of nitrogens with one attached hydrogen (secondary N) is 1. The molecule has 4 N–H and O–H groups in total. The van der Waals surface area contributed by atoms with Crippen LogP contribution in [0.25, 0.3) is 0 Å². The van der Waals surface area contributed by atoms with E-state index in [1.807, 2.05) is 6.92 Å². The monoisotopic (exact) mass is 200 g/mol. The average Bonchev–Trinajstić information content (AvgIpc) is 2.44. The predicted octanol–water partition coefficient (Wildman–Crippen LogP) is 0.000900. The van der Waals surface area contributed by atoms with E-state index >= 15 is 0 Å². The van der Waals surface area contributed by atoms with Crippen molar-refractivity contribution in [1.82, 2.24) is 5.32 Å². The number of carbonyl (C=O) groups excluding carboxylic acids is 1. The smallest absolute Gasteiger partial charge is 0.227 e. The van der Waals surface area contributed by atoms with Crippen LogP contribution in [-0.4, -0.2) is 29.7 Å². The molecule has 14 heavy (non-hydrogen) atoms. The van der Waals surface area contributed by atoms with E-state index in [1.165, 1.54) is 0 Å². The summed E-state index contributed by atoms with van der Waals surface area (Å²) in [6, 6.07) is -0.0449. The summed E-state index contributed by atoms with van der Waals surface area (Å²) < 4.78 is 0. The third-order valence-corrected chi connectivity index (χ3v) is 3.11. The normalized spacial score (nSPS) is 34.1. The maximum absolute atomic E-state index is 11.8. The van der Waals surface area contributed by atoms with Gasteiger partial charge in [0.05, 0.1) is 11.5 Å². The molecule has 0 aromatic carbocycles. The summed E-state index contributed by atoms with van der Waals surface area (Å²) in [5.41, 5.74) is 5.46. The molecule has 4 nitrogen and oxygen atoms in total. The Labute approximate surface area is 84.9 Å². The Morgan fingerprint density at radius 2 is 2.43 bits per heavy atom. The van der Waals surface area contributed by atoms with Crippen molar-refractivity contribution in [3.05, 3.63) is 0 Å². The number of rotatable bonds is 3. The van der Waals surface area contributed by atoms with E-state index in [4.69, 9.17) is 10.8 Å². The Kier molecular flexibility index (Phi) is 3.50.